The highest BCUT2D eigenvalue weighted by molar-refractivity contribution is 6.64. The van der Waals surface area contributed by atoms with Gasteiger partial charge >= 0.3 is 0 Å². The van der Waals surface area contributed by atoms with Gasteiger partial charge in [-0.25, -0.2) is 0 Å². The van der Waals surface area contributed by atoms with Crippen molar-refractivity contribution in [3.63, 3.8) is 0 Å². The van der Waals surface area contributed by atoms with Crippen molar-refractivity contribution in [2.75, 3.05) is 7.11 Å². The Morgan fingerprint density at radius 2 is 1.87 bits per heavy atom. The van der Waals surface area contributed by atoms with Crippen LogP contribution in [0, 0.1) is 17.3 Å². The third kappa shape index (κ3) is 1.31. The van der Waals surface area contributed by atoms with Crippen molar-refractivity contribution in [3.8, 4) is 0 Å². The molecular weight excluding hydrogens is 212 g/mol. The predicted molar refractivity (Wildman–Crippen MR) is 57.7 cm³/mol. The molecule has 0 aromatic heterocycles. The summed E-state index contributed by atoms with van der Waals surface area (Å²) in [6.45, 7) is 0. The number of rotatable bonds is 2. The Morgan fingerprint density at radius 3 is 2.33 bits per heavy atom. The van der Waals surface area contributed by atoms with Gasteiger partial charge in [0.05, 0.1) is 5.60 Å². The van der Waals surface area contributed by atoms with Gasteiger partial charge in [0.1, 0.15) is 0 Å². The van der Waals surface area contributed by atoms with Gasteiger partial charge in [-0.05, 0) is 62.0 Å². The van der Waals surface area contributed by atoms with Crippen molar-refractivity contribution in [1.29, 1.82) is 0 Å². The first-order valence-corrected chi connectivity index (χ1v) is 6.20. The highest BCUT2D eigenvalue weighted by Crippen LogP contribution is 2.63. The summed E-state index contributed by atoms with van der Waals surface area (Å²) < 4.78 is 5.71. The van der Waals surface area contributed by atoms with E-state index in [0.717, 1.165) is 32.1 Å². The van der Waals surface area contributed by atoms with E-state index in [0.29, 0.717) is 11.8 Å². The molecule has 4 aliphatic rings. The van der Waals surface area contributed by atoms with Crippen LogP contribution >= 0.6 is 11.6 Å². The van der Waals surface area contributed by atoms with Crippen molar-refractivity contribution >= 4 is 16.8 Å². The Morgan fingerprint density at radius 1 is 1.27 bits per heavy atom. The maximum Gasteiger partial charge on any atom is 0.227 e. The molecule has 3 heteroatoms. The Hall–Kier alpha value is -0.0800. The number of hydrogen-bond donors (Lipinski definition) is 0. The second-order valence-electron chi connectivity index (χ2n) is 5.90. The number of carbonyl (C=O) groups excluding carboxylic acids is 1. The number of methoxy groups -OCH3 is 1. The van der Waals surface area contributed by atoms with Crippen LogP contribution in [0.3, 0.4) is 0 Å². The maximum atomic E-state index is 11.7. The molecule has 0 N–H and O–H groups in total. The quantitative estimate of drug-likeness (QED) is 0.680. The molecule has 0 amide bonds. The molecule has 4 aliphatic carbocycles. The molecule has 4 bridgehead atoms. The Bertz CT molecular complexity index is 299. The van der Waals surface area contributed by atoms with E-state index >= 15 is 0 Å². The summed E-state index contributed by atoms with van der Waals surface area (Å²) in [5.74, 6) is 1.35. The van der Waals surface area contributed by atoms with Gasteiger partial charge in [0.2, 0.25) is 5.24 Å². The summed E-state index contributed by atoms with van der Waals surface area (Å²) in [4.78, 5) is 11.7. The fourth-order valence-electron chi connectivity index (χ4n) is 4.65. The lowest BCUT2D eigenvalue weighted by Crippen LogP contribution is -2.58. The van der Waals surface area contributed by atoms with Crippen LogP contribution in [-0.2, 0) is 9.53 Å². The summed E-state index contributed by atoms with van der Waals surface area (Å²) >= 11 is 5.82. The van der Waals surface area contributed by atoms with E-state index in [4.69, 9.17) is 16.3 Å². The molecule has 0 heterocycles. The topological polar surface area (TPSA) is 26.3 Å². The number of ether oxygens (including phenoxy) is 1. The van der Waals surface area contributed by atoms with Gasteiger partial charge in [0.25, 0.3) is 0 Å². The molecule has 4 rings (SSSR count). The van der Waals surface area contributed by atoms with E-state index in [1.807, 2.05) is 0 Å². The third-order valence-electron chi connectivity index (χ3n) is 4.86. The van der Waals surface area contributed by atoms with Crippen molar-refractivity contribution in [1.82, 2.24) is 0 Å². The summed E-state index contributed by atoms with van der Waals surface area (Å²) in [6.07, 6.45) is 6.47. The van der Waals surface area contributed by atoms with Crippen LogP contribution in [0.5, 0.6) is 0 Å². The molecule has 84 valence electrons. The van der Waals surface area contributed by atoms with Crippen molar-refractivity contribution in [2.45, 2.75) is 44.1 Å². The van der Waals surface area contributed by atoms with Crippen LogP contribution in [0.1, 0.15) is 38.5 Å². The monoisotopic (exact) mass is 228 g/mol. The summed E-state index contributed by atoms with van der Waals surface area (Å²) in [5, 5.41) is -0.113. The third-order valence-corrected chi connectivity index (χ3v) is 5.26. The molecule has 2 atom stereocenters. The molecule has 2 nitrogen and oxygen atoms in total. The number of hydrogen-bond acceptors (Lipinski definition) is 2. The van der Waals surface area contributed by atoms with E-state index in [9.17, 15) is 4.79 Å². The SMILES string of the molecule is COC12CC3CC(C1)CC(C(=O)Cl)(C3)C2. The smallest absolute Gasteiger partial charge is 0.227 e. The highest BCUT2D eigenvalue weighted by Gasteiger charge is 2.60. The van der Waals surface area contributed by atoms with Crippen LogP contribution in [0.2, 0.25) is 0 Å². The minimum atomic E-state index is -0.234. The molecule has 0 spiro atoms. The van der Waals surface area contributed by atoms with Gasteiger partial charge in [-0.1, -0.05) is 0 Å². The fourth-order valence-corrected chi connectivity index (χ4v) is 4.87. The lowest BCUT2D eigenvalue weighted by atomic mass is 9.48. The second kappa shape index (κ2) is 2.98. The summed E-state index contributed by atoms with van der Waals surface area (Å²) in [5.41, 5.74) is -0.254. The Balaban J connectivity index is 1.99. The van der Waals surface area contributed by atoms with Crippen molar-refractivity contribution < 1.29 is 9.53 Å². The normalized spacial score (nSPS) is 52.1. The van der Waals surface area contributed by atoms with Gasteiger partial charge in [0.15, 0.2) is 0 Å². The molecule has 4 saturated carbocycles. The largest absolute Gasteiger partial charge is 0.378 e. The maximum absolute atomic E-state index is 11.7. The van der Waals surface area contributed by atoms with Gasteiger partial charge in [-0.15, -0.1) is 0 Å². The first-order valence-electron chi connectivity index (χ1n) is 5.83. The molecule has 0 aliphatic heterocycles. The lowest BCUT2D eigenvalue weighted by Gasteiger charge is -2.60. The Labute approximate surface area is 95.3 Å². The highest BCUT2D eigenvalue weighted by atomic mass is 35.5. The van der Waals surface area contributed by atoms with Gasteiger partial charge in [0, 0.05) is 12.5 Å². The Kier molecular flexibility index (Phi) is 2.01. The molecular formula is C12H17ClO2. The molecule has 0 saturated heterocycles. The molecule has 15 heavy (non-hydrogen) atoms. The number of halogens is 1. The van der Waals surface area contributed by atoms with Gasteiger partial charge in [-0.2, -0.15) is 0 Å². The van der Waals surface area contributed by atoms with Crippen molar-refractivity contribution in [2.24, 2.45) is 17.3 Å². The molecule has 0 aromatic carbocycles. The average Bonchev–Trinajstić information content (AvgIpc) is 2.15. The second-order valence-corrected chi connectivity index (χ2v) is 6.25. The van der Waals surface area contributed by atoms with E-state index in [-0.39, 0.29) is 16.3 Å². The van der Waals surface area contributed by atoms with E-state index in [1.165, 1.54) is 6.42 Å². The van der Waals surface area contributed by atoms with Gasteiger partial charge in [-0.3, -0.25) is 4.79 Å². The molecule has 0 aromatic rings. The summed E-state index contributed by atoms with van der Waals surface area (Å²) in [6, 6.07) is 0. The zero-order chi connectivity index (χ0) is 10.7. The first-order chi connectivity index (χ1) is 7.07. The molecule has 4 fully saturated rings. The van der Waals surface area contributed by atoms with Gasteiger partial charge < -0.3 is 4.74 Å². The van der Waals surface area contributed by atoms with Crippen LogP contribution in [-0.4, -0.2) is 18.0 Å². The van der Waals surface area contributed by atoms with E-state index < -0.39 is 0 Å². The number of carbonyl (C=O) groups is 1. The van der Waals surface area contributed by atoms with E-state index in [2.05, 4.69) is 0 Å². The van der Waals surface area contributed by atoms with E-state index in [1.54, 1.807) is 7.11 Å². The standard InChI is InChI=1S/C12H17ClO2/c1-15-12-5-8-2-9(6-12)4-11(3-8,7-12)10(13)14/h8-9H,2-7H2,1H3. The van der Waals surface area contributed by atoms with Crippen LogP contribution in [0.25, 0.3) is 0 Å². The van der Waals surface area contributed by atoms with Crippen LogP contribution in [0.4, 0.5) is 0 Å². The summed E-state index contributed by atoms with van der Waals surface area (Å²) in [7, 11) is 1.79. The predicted octanol–water partition coefficient (Wildman–Crippen LogP) is 2.74. The zero-order valence-corrected chi connectivity index (χ0v) is 9.85. The van der Waals surface area contributed by atoms with Crippen LogP contribution in [0.15, 0.2) is 0 Å². The minimum absolute atomic E-state index is 0.0192. The zero-order valence-electron chi connectivity index (χ0n) is 9.09. The average molecular weight is 229 g/mol. The molecule has 2 unspecified atom stereocenters. The fraction of sp³-hybridized carbons (Fsp3) is 0.917. The minimum Gasteiger partial charge on any atom is -0.378 e. The first kappa shape index (κ1) is 10.1. The van der Waals surface area contributed by atoms with Crippen LogP contribution < -0.4 is 0 Å². The van der Waals surface area contributed by atoms with Crippen molar-refractivity contribution in [3.05, 3.63) is 0 Å². The molecule has 0 radical (unpaired) electrons. The lowest BCUT2D eigenvalue weighted by molar-refractivity contribution is -0.181.